The molecule has 0 aliphatic rings. The second kappa shape index (κ2) is 8.11. The van der Waals surface area contributed by atoms with Gasteiger partial charge < -0.3 is 5.32 Å². The number of nitrogens with zero attached hydrogens (tertiary/aromatic N) is 2. The molecule has 0 aliphatic heterocycles. The minimum Gasteiger partial charge on any atom is -0.320 e. The first-order valence-electron chi connectivity index (χ1n) is 8.88. The number of benzene rings is 1. The lowest BCUT2D eigenvalue weighted by molar-refractivity contribution is 0.101. The molecular formula is C18H19F2N5O3S. The van der Waals surface area contributed by atoms with E-state index < -0.39 is 38.8 Å². The molecule has 0 spiro atoms. The number of H-pyrrole nitrogens is 1. The van der Waals surface area contributed by atoms with Crippen LogP contribution in [0.4, 0.5) is 20.2 Å². The van der Waals surface area contributed by atoms with Crippen molar-refractivity contribution in [3.63, 3.8) is 0 Å². The lowest BCUT2D eigenvalue weighted by Gasteiger charge is -2.12. The van der Waals surface area contributed by atoms with Gasteiger partial charge in [-0.3, -0.25) is 14.6 Å². The molecule has 0 saturated carbocycles. The van der Waals surface area contributed by atoms with Crippen LogP contribution in [0.1, 0.15) is 36.3 Å². The summed E-state index contributed by atoms with van der Waals surface area (Å²) >= 11 is 0. The van der Waals surface area contributed by atoms with Crippen LogP contribution in [0.5, 0.6) is 0 Å². The maximum Gasteiger partial charge on any atom is 0.261 e. The van der Waals surface area contributed by atoms with Crippen LogP contribution in [0.25, 0.3) is 11.0 Å². The summed E-state index contributed by atoms with van der Waals surface area (Å²) in [6.07, 6.45) is 2.28. The van der Waals surface area contributed by atoms with Crippen LogP contribution in [-0.4, -0.2) is 35.3 Å². The molecule has 154 valence electrons. The average Bonchev–Trinajstić information content (AvgIpc) is 3.06. The Morgan fingerprint density at radius 3 is 2.69 bits per heavy atom. The summed E-state index contributed by atoms with van der Waals surface area (Å²) in [4.78, 5) is 16.6. The number of carbonyl (C=O) groups excluding carboxylic acids is 1. The van der Waals surface area contributed by atoms with Crippen LogP contribution in [0.2, 0.25) is 0 Å². The summed E-state index contributed by atoms with van der Waals surface area (Å²) in [6, 6.07) is 3.35. The number of aromatic amines is 1. The molecule has 0 bridgehead atoms. The maximum atomic E-state index is 14.7. The molecule has 3 N–H and O–H groups in total. The number of fused-ring (bicyclic) bond motifs is 1. The van der Waals surface area contributed by atoms with E-state index in [0.29, 0.717) is 23.9 Å². The van der Waals surface area contributed by atoms with Crippen LogP contribution in [-0.2, 0) is 16.4 Å². The van der Waals surface area contributed by atoms with Crippen molar-refractivity contribution in [2.24, 2.45) is 0 Å². The van der Waals surface area contributed by atoms with E-state index in [0.717, 1.165) is 17.8 Å². The van der Waals surface area contributed by atoms with Gasteiger partial charge in [-0.15, -0.1) is 0 Å². The molecule has 0 atom stereocenters. The zero-order valence-electron chi connectivity index (χ0n) is 15.7. The van der Waals surface area contributed by atoms with Gasteiger partial charge in [-0.1, -0.05) is 13.8 Å². The number of carbonyl (C=O) groups is 1. The molecule has 1 amide bonds. The second-order valence-electron chi connectivity index (χ2n) is 6.31. The number of pyridine rings is 1. The van der Waals surface area contributed by atoms with Crippen LogP contribution in [0, 0.1) is 11.6 Å². The van der Waals surface area contributed by atoms with Gasteiger partial charge in [-0.2, -0.15) is 5.10 Å². The molecule has 2 heterocycles. The first-order chi connectivity index (χ1) is 13.8. The maximum absolute atomic E-state index is 14.7. The summed E-state index contributed by atoms with van der Waals surface area (Å²) in [5.41, 5.74) is 0.0681. The van der Waals surface area contributed by atoms with E-state index in [1.165, 1.54) is 6.20 Å². The van der Waals surface area contributed by atoms with Gasteiger partial charge in [0.25, 0.3) is 5.91 Å². The van der Waals surface area contributed by atoms with Crippen molar-refractivity contribution in [1.82, 2.24) is 15.2 Å². The Kier molecular flexibility index (Phi) is 5.78. The number of amides is 1. The topological polar surface area (TPSA) is 117 Å². The Morgan fingerprint density at radius 1 is 1.24 bits per heavy atom. The van der Waals surface area contributed by atoms with E-state index in [2.05, 4.69) is 20.5 Å². The standard InChI is InChI=1S/C18H19F2N5O3S/c1-3-7-29(27,28)25-14-6-5-12(19)15(16(14)20)18(26)22-10-8-11-13(4-2)23-24-17(11)21-9-10/h5-6,8-9,25H,3-4,7H2,1-2H3,(H,22,26)(H,21,23,24). The summed E-state index contributed by atoms with van der Waals surface area (Å²) in [6.45, 7) is 3.56. The second-order valence-corrected chi connectivity index (χ2v) is 8.15. The third kappa shape index (κ3) is 4.34. The Bertz CT molecular complexity index is 1180. The number of hydrogen-bond donors (Lipinski definition) is 3. The highest BCUT2D eigenvalue weighted by atomic mass is 32.2. The van der Waals surface area contributed by atoms with Crippen LogP contribution < -0.4 is 10.0 Å². The Hall–Kier alpha value is -3.08. The number of anilines is 2. The average molecular weight is 423 g/mol. The molecule has 29 heavy (non-hydrogen) atoms. The Balaban J connectivity index is 1.92. The van der Waals surface area contributed by atoms with Crippen molar-refractivity contribution >= 4 is 38.3 Å². The Morgan fingerprint density at radius 2 is 2.00 bits per heavy atom. The minimum atomic E-state index is -3.81. The highest BCUT2D eigenvalue weighted by Gasteiger charge is 2.23. The fraction of sp³-hybridized carbons (Fsp3) is 0.278. The highest BCUT2D eigenvalue weighted by molar-refractivity contribution is 7.92. The molecule has 3 rings (SSSR count). The molecule has 11 heteroatoms. The van der Waals surface area contributed by atoms with Gasteiger partial charge in [0, 0.05) is 11.1 Å². The normalized spacial score (nSPS) is 11.6. The molecular weight excluding hydrogens is 404 g/mol. The van der Waals surface area contributed by atoms with Gasteiger partial charge >= 0.3 is 0 Å². The Labute approximate surface area is 165 Å². The smallest absolute Gasteiger partial charge is 0.261 e. The van der Waals surface area contributed by atoms with Crippen LogP contribution in [0.15, 0.2) is 24.4 Å². The monoisotopic (exact) mass is 423 g/mol. The number of rotatable bonds is 7. The van der Waals surface area contributed by atoms with E-state index >= 15 is 0 Å². The number of aryl methyl sites for hydroxylation is 1. The number of nitrogens with one attached hydrogen (secondary N) is 3. The van der Waals surface area contributed by atoms with Crippen molar-refractivity contribution in [1.29, 1.82) is 0 Å². The SMILES string of the molecule is CCCS(=O)(=O)Nc1ccc(F)c(C(=O)Nc2cnc3n[nH]c(CC)c3c2)c1F. The molecule has 0 saturated heterocycles. The summed E-state index contributed by atoms with van der Waals surface area (Å²) in [5.74, 6) is -3.72. The van der Waals surface area contributed by atoms with Crippen molar-refractivity contribution < 1.29 is 22.0 Å². The van der Waals surface area contributed by atoms with Gasteiger partial charge in [-0.05, 0) is 31.0 Å². The van der Waals surface area contributed by atoms with Crippen molar-refractivity contribution in [3.05, 3.63) is 47.3 Å². The molecule has 1 aromatic carbocycles. The van der Waals surface area contributed by atoms with Crippen molar-refractivity contribution in [2.75, 3.05) is 15.8 Å². The molecule has 0 fully saturated rings. The minimum absolute atomic E-state index is 0.217. The summed E-state index contributed by atoms with van der Waals surface area (Å²) in [7, 11) is -3.81. The fourth-order valence-electron chi connectivity index (χ4n) is 2.81. The van der Waals surface area contributed by atoms with E-state index in [1.54, 1.807) is 13.0 Å². The lowest BCUT2D eigenvalue weighted by atomic mass is 10.1. The first-order valence-corrected chi connectivity index (χ1v) is 10.5. The van der Waals surface area contributed by atoms with Crippen molar-refractivity contribution in [3.8, 4) is 0 Å². The van der Waals surface area contributed by atoms with Gasteiger partial charge in [-0.25, -0.2) is 22.2 Å². The zero-order chi connectivity index (χ0) is 21.2. The largest absolute Gasteiger partial charge is 0.320 e. The van der Waals surface area contributed by atoms with Crippen LogP contribution in [0.3, 0.4) is 0 Å². The molecule has 0 radical (unpaired) electrons. The summed E-state index contributed by atoms with van der Waals surface area (Å²) < 4.78 is 54.7. The molecule has 0 unspecified atom stereocenters. The number of halogens is 2. The predicted octanol–water partition coefficient (Wildman–Crippen LogP) is 3.20. The van der Waals surface area contributed by atoms with Gasteiger partial charge in [0.15, 0.2) is 11.5 Å². The molecule has 2 aromatic heterocycles. The number of sulfonamides is 1. The lowest BCUT2D eigenvalue weighted by Crippen LogP contribution is -2.20. The van der Waals surface area contributed by atoms with Gasteiger partial charge in [0.1, 0.15) is 11.4 Å². The highest BCUT2D eigenvalue weighted by Crippen LogP contribution is 2.24. The third-order valence-corrected chi connectivity index (χ3v) is 5.63. The third-order valence-electron chi connectivity index (χ3n) is 4.16. The van der Waals surface area contributed by atoms with Crippen molar-refractivity contribution in [2.45, 2.75) is 26.7 Å². The molecule has 8 nitrogen and oxygen atoms in total. The fourth-order valence-corrected chi connectivity index (χ4v) is 3.94. The van der Waals surface area contributed by atoms with E-state index in [1.807, 2.05) is 11.6 Å². The number of hydrogen-bond acceptors (Lipinski definition) is 5. The quantitative estimate of drug-likeness (QED) is 0.540. The van der Waals surface area contributed by atoms with E-state index in [4.69, 9.17) is 0 Å². The summed E-state index contributed by atoms with van der Waals surface area (Å²) in [5, 5.41) is 9.91. The van der Waals surface area contributed by atoms with E-state index in [9.17, 15) is 22.0 Å². The van der Waals surface area contributed by atoms with Gasteiger partial charge in [0.05, 0.1) is 23.3 Å². The zero-order valence-corrected chi connectivity index (χ0v) is 16.5. The molecule has 0 aliphatic carbocycles. The predicted molar refractivity (Wildman–Crippen MR) is 105 cm³/mol. The molecule has 3 aromatic rings. The van der Waals surface area contributed by atoms with Gasteiger partial charge in [0.2, 0.25) is 10.0 Å². The van der Waals surface area contributed by atoms with E-state index in [-0.39, 0.29) is 11.4 Å². The number of aromatic nitrogens is 3. The first kappa shape index (κ1) is 20.6. The van der Waals surface area contributed by atoms with Crippen LogP contribution >= 0.6 is 0 Å².